The maximum Gasteiger partial charge on any atom is 0.300 e. The van der Waals surface area contributed by atoms with Crippen LogP contribution in [0.3, 0.4) is 0 Å². The third-order valence-electron chi connectivity index (χ3n) is 1.66. The Hall–Kier alpha value is -2.21. The zero-order valence-electron chi connectivity index (χ0n) is 10.6. The SMILES string of the molecule is CC(=O)O.N=C(N)N.S.c1ccc2ccccc2c1. The van der Waals surface area contributed by atoms with Crippen LogP contribution >= 0.6 is 13.5 Å². The molecule has 6 N–H and O–H groups in total. The molecule has 0 heterocycles. The van der Waals surface area contributed by atoms with Crippen LogP contribution in [0.4, 0.5) is 0 Å². The number of rotatable bonds is 0. The van der Waals surface area contributed by atoms with Crippen LogP contribution in [-0.2, 0) is 4.79 Å². The van der Waals surface area contributed by atoms with Crippen molar-refractivity contribution >= 4 is 36.2 Å². The van der Waals surface area contributed by atoms with E-state index in [1.807, 2.05) is 0 Å². The fourth-order valence-electron chi connectivity index (χ4n) is 1.13. The van der Waals surface area contributed by atoms with Gasteiger partial charge in [0, 0.05) is 6.92 Å². The summed E-state index contributed by atoms with van der Waals surface area (Å²) in [5.74, 6) is -1.17. The normalized spacial score (nSPS) is 7.84. The summed E-state index contributed by atoms with van der Waals surface area (Å²) in [6.45, 7) is 1.08. The van der Waals surface area contributed by atoms with E-state index < -0.39 is 5.97 Å². The molecule has 0 saturated carbocycles. The second kappa shape index (κ2) is 10.9. The van der Waals surface area contributed by atoms with Crippen LogP contribution in [0.2, 0.25) is 0 Å². The van der Waals surface area contributed by atoms with E-state index in [0.29, 0.717) is 0 Å². The fourth-order valence-corrected chi connectivity index (χ4v) is 1.13. The summed E-state index contributed by atoms with van der Waals surface area (Å²) < 4.78 is 0. The molecular weight excluding hydrogens is 262 g/mol. The largest absolute Gasteiger partial charge is 0.481 e. The molecule has 0 aliphatic carbocycles. The van der Waals surface area contributed by atoms with E-state index in [1.165, 1.54) is 10.8 Å². The second-order valence-corrected chi connectivity index (χ2v) is 3.32. The summed E-state index contributed by atoms with van der Waals surface area (Å²) in [5, 5.41) is 16.1. The lowest BCUT2D eigenvalue weighted by atomic mass is 10.1. The molecule has 2 aromatic rings. The highest BCUT2D eigenvalue weighted by Crippen LogP contribution is 2.11. The van der Waals surface area contributed by atoms with Crippen LogP contribution < -0.4 is 11.5 Å². The standard InChI is InChI=1S/C10H8.C2H4O2.CH5N3.H2S/c1-2-6-10-8-4-3-7-9(10)5-1;1-2(3)4;2-1(3)4;/h1-8H;1H3,(H,3,4);(H5,2,3,4);1H2. The van der Waals surface area contributed by atoms with Gasteiger partial charge in [-0.2, -0.15) is 13.5 Å². The van der Waals surface area contributed by atoms with Gasteiger partial charge in [0.2, 0.25) is 0 Å². The molecule has 19 heavy (non-hydrogen) atoms. The summed E-state index contributed by atoms with van der Waals surface area (Å²) in [6.07, 6.45) is 0. The molecule has 0 unspecified atom stereocenters. The zero-order chi connectivity index (χ0) is 14.0. The smallest absolute Gasteiger partial charge is 0.300 e. The predicted octanol–water partition coefficient (Wildman–Crippen LogP) is 1.88. The van der Waals surface area contributed by atoms with Gasteiger partial charge in [-0.15, -0.1) is 0 Å². The molecule has 0 amide bonds. The molecule has 0 radical (unpaired) electrons. The summed E-state index contributed by atoms with van der Waals surface area (Å²) in [6, 6.07) is 16.7. The van der Waals surface area contributed by atoms with Gasteiger partial charge < -0.3 is 16.6 Å². The van der Waals surface area contributed by atoms with Crippen LogP contribution in [0.15, 0.2) is 48.5 Å². The van der Waals surface area contributed by atoms with Crippen molar-refractivity contribution in [3.8, 4) is 0 Å². The van der Waals surface area contributed by atoms with Gasteiger partial charge in [-0.25, -0.2) is 0 Å². The minimum atomic E-state index is -0.833. The molecule has 0 atom stereocenters. The van der Waals surface area contributed by atoms with Gasteiger partial charge in [-0.1, -0.05) is 48.5 Å². The van der Waals surface area contributed by atoms with Crippen molar-refractivity contribution in [1.29, 1.82) is 5.41 Å². The minimum absolute atomic E-state index is 0. The second-order valence-electron chi connectivity index (χ2n) is 3.32. The van der Waals surface area contributed by atoms with Gasteiger partial charge in [-0.3, -0.25) is 10.2 Å². The summed E-state index contributed by atoms with van der Waals surface area (Å²) in [5.41, 5.74) is 8.94. The summed E-state index contributed by atoms with van der Waals surface area (Å²) >= 11 is 0. The average Bonchev–Trinajstić information content (AvgIpc) is 2.28. The molecule has 0 aromatic heterocycles. The predicted molar refractivity (Wildman–Crippen MR) is 83.7 cm³/mol. The van der Waals surface area contributed by atoms with Crippen LogP contribution in [0.1, 0.15) is 6.92 Å². The first-order valence-electron chi connectivity index (χ1n) is 5.16. The zero-order valence-corrected chi connectivity index (χ0v) is 11.6. The highest BCUT2D eigenvalue weighted by atomic mass is 32.1. The maximum atomic E-state index is 9.00. The van der Waals surface area contributed by atoms with E-state index in [4.69, 9.17) is 15.3 Å². The highest BCUT2D eigenvalue weighted by molar-refractivity contribution is 7.59. The van der Waals surface area contributed by atoms with E-state index in [1.54, 1.807) is 0 Å². The summed E-state index contributed by atoms with van der Waals surface area (Å²) in [7, 11) is 0. The van der Waals surface area contributed by atoms with Gasteiger partial charge in [0.1, 0.15) is 0 Å². The van der Waals surface area contributed by atoms with E-state index >= 15 is 0 Å². The fraction of sp³-hybridized carbons (Fsp3) is 0.0769. The highest BCUT2D eigenvalue weighted by Gasteiger charge is 1.85. The Balaban J connectivity index is 0. The monoisotopic (exact) mass is 281 g/mol. The van der Waals surface area contributed by atoms with Gasteiger partial charge in [0.15, 0.2) is 5.96 Å². The molecule has 0 aliphatic heterocycles. The Labute approximate surface area is 119 Å². The Bertz CT molecular complexity index is 432. The number of carboxylic acid groups (broad SMARTS) is 1. The van der Waals surface area contributed by atoms with E-state index in [2.05, 4.69) is 60.0 Å². The molecule has 2 aromatic carbocycles. The third kappa shape index (κ3) is 12.0. The molecule has 104 valence electrons. The van der Waals surface area contributed by atoms with E-state index in [0.717, 1.165) is 6.92 Å². The molecular formula is C13H19N3O2S. The maximum absolute atomic E-state index is 9.00. The number of aliphatic carboxylic acids is 1. The molecule has 6 heteroatoms. The van der Waals surface area contributed by atoms with Crippen molar-refractivity contribution in [2.75, 3.05) is 0 Å². The number of nitrogens with one attached hydrogen (secondary N) is 1. The van der Waals surface area contributed by atoms with Crippen LogP contribution in [0.25, 0.3) is 10.8 Å². The Morgan fingerprint density at radius 1 is 1.00 bits per heavy atom. The topological polar surface area (TPSA) is 113 Å². The first-order chi connectivity index (χ1) is 8.43. The molecule has 0 aliphatic rings. The molecule has 0 saturated heterocycles. The number of benzene rings is 2. The van der Waals surface area contributed by atoms with Crippen molar-refractivity contribution in [2.45, 2.75) is 6.92 Å². The van der Waals surface area contributed by atoms with E-state index in [-0.39, 0.29) is 19.5 Å². The van der Waals surface area contributed by atoms with Crippen molar-refractivity contribution < 1.29 is 9.90 Å². The van der Waals surface area contributed by atoms with Crippen LogP contribution in [0.5, 0.6) is 0 Å². The number of carboxylic acids is 1. The third-order valence-corrected chi connectivity index (χ3v) is 1.66. The van der Waals surface area contributed by atoms with Crippen LogP contribution in [-0.4, -0.2) is 17.0 Å². The number of carbonyl (C=O) groups is 1. The summed E-state index contributed by atoms with van der Waals surface area (Å²) in [4.78, 5) is 9.00. The van der Waals surface area contributed by atoms with Gasteiger partial charge in [-0.05, 0) is 10.8 Å². The van der Waals surface area contributed by atoms with Crippen molar-refractivity contribution in [2.24, 2.45) is 11.5 Å². The average molecular weight is 281 g/mol. The van der Waals surface area contributed by atoms with Gasteiger partial charge >= 0.3 is 0 Å². The molecule has 2 rings (SSSR count). The molecule has 5 nitrogen and oxygen atoms in total. The number of fused-ring (bicyclic) bond motifs is 1. The molecule has 0 bridgehead atoms. The quantitative estimate of drug-likeness (QED) is 0.436. The van der Waals surface area contributed by atoms with Crippen molar-refractivity contribution in [3.05, 3.63) is 48.5 Å². The molecule has 0 spiro atoms. The van der Waals surface area contributed by atoms with Crippen molar-refractivity contribution in [3.63, 3.8) is 0 Å². The van der Waals surface area contributed by atoms with Gasteiger partial charge in [0.05, 0.1) is 0 Å². The lowest BCUT2D eigenvalue weighted by Gasteiger charge is -1.92. The number of hydrogen-bond donors (Lipinski definition) is 4. The molecule has 0 fully saturated rings. The first-order valence-corrected chi connectivity index (χ1v) is 5.16. The van der Waals surface area contributed by atoms with Crippen molar-refractivity contribution in [1.82, 2.24) is 0 Å². The number of hydrogen-bond acceptors (Lipinski definition) is 2. The lowest BCUT2D eigenvalue weighted by Crippen LogP contribution is -2.20. The van der Waals surface area contributed by atoms with Crippen LogP contribution in [0, 0.1) is 5.41 Å². The first kappa shape index (κ1) is 19.1. The lowest BCUT2D eigenvalue weighted by molar-refractivity contribution is -0.134. The Morgan fingerprint density at radius 3 is 1.32 bits per heavy atom. The van der Waals surface area contributed by atoms with Gasteiger partial charge in [0.25, 0.3) is 5.97 Å². The number of guanidine groups is 1. The minimum Gasteiger partial charge on any atom is -0.481 e. The Morgan fingerprint density at radius 2 is 1.16 bits per heavy atom. The number of nitrogens with two attached hydrogens (primary N) is 2. The Kier molecular flexibility index (Phi) is 11.0. The van der Waals surface area contributed by atoms with E-state index in [9.17, 15) is 0 Å².